The van der Waals surface area contributed by atoms with Gasteiger partial charge in [0.05, 0.1) is 4.92 Å². The molecule has 0 aliphatic rings. The number of rotatable bonds is 3. The van der Waals surface area contributed by atoms with Gasteiger partial charge in [-0.05, 0) is 0 Å². The van der Waals surface area contributed by atoms with Gasteiger partial charge < -0.3 is 10.2 Å². The number of nitro groups is 1. The molecule has 0 spiro atoms. The molecule has 0 atom stereocenters. The van der Waals surface area contributed by atoms with Crippen LogP contribution in [0.5, 0.6) is 11.5 Å². The lowest BCUT2D eigenvalue weighted by Crippen LogP contribution is -2.09. The topological polar surface area (TPSA) is 101 Å². The van der Waals surface area contributed by atoms with Crippen LogP contribution < -0.4 is 0 Å². The van der Waals surface area contributed by atoms with Crippen LogP contribution in [0.4, 0.5) is 18.9 Å². The first-order valence-electron chi connectivity index (χ1n) is 3.99. The zero-order chi connectivity index (χ0) is 13.3. The van der Waals surface area contributed by atoms with Gasteiger partial charge in [0.2, 0.25) is 23.2 Å². The maximum Gasteiger partial charge on any atom is 0.350 e. The van der Waals surface area contributed by atoms with E-state index in [1.54, 1.807) is 0 Å². The second-order valence-electron chi connectivity index (χ2n) is 2.86. The molecule has 0 unspecified atom stereocenters. The van der Waals surface area contributed by atoms with Crippen LogP contribution >= 0.6 is 0 Å². The number of carbonyl (C=O) groups is 1. The van der Waals surface area contributed by atoms with Gasteiger partial charge >= 0.3 is 5.69 Å². The van der Waals surface area contributed by atoms with E-state index in [2.05, 4.69) is 0 Å². The lowest BCUT2D eigenvalue weighted by atomic mass is 10.1. The number of aromatic hydroxyl groups is 2. The number of nitrogens with zero attached hydrogens (tertiary/aromatic N) is 1. The second kappa shape index (κ2) is 4.28. The van der Waals surface area contributed by atoms with Crippen LogP contribution in [0, 0.1) is 21.7 Å². The van der Waals surface area contributed by atoms with Crippen LogP contribution in [0.25, 0.3) is 0 Å². The Morgan fingerprint density at radius 1 is 1.24 bits per heavy atom. The van der Waals surface area contributed by atoms with Crippen molar-refractivity contribution in [2.75, 3.05) is 6.67 Å². The summed E-state index contributed by atoms with van der Waals surface area (Å²) in [5.41, 5.74) is -3.24. The fourth-order valence-corrected chi connectivity index (χ4v) is 1.14. The first-order valence-corrected chi connectivity index (χ1v) is 3.99. The summed E-state index contributed by atoms with van der Waals surface area (Å²) in [5.74, 6) is -9.07. The van der Waals surface area contributed by atoms with Crippen LogP contribution in [-0.2, 0) is 0 Å². The quantitative estimate of drug-likeness (QED) is 0.480. The first-order chi connectivity index (χ1) is 7.82. The third kappa shape index (κ3) is 1.86. The molecule has 0 radical (unpaired) electrons. The number of phenols is 2. The van der Waals surface area contributed by atoms with Gasteiger partial charge in [-0.3, -0.25) is 14.9 Å². The predicted molar refractivity (Wildman–Crippen MR) is 46.6 cm³/mol. The average Bonchev–Trinajstić information content (AvgIpc) is 2.25. The molecule has 0 heterocycles. The molecule has 0 saturated heterocycles. The van der Waals surface area contributed by atoms with Crippen LogP contribution in [0.1, 0.15) is 10.4 Å². The summed E-state index contributed by atoms with van der Waals surface area (Å²) in [6.45, 7) is -1.79. The molecule has 6 nitrogen and oxygen atoms in total. The van der Waals surface area contributed by atoms with E-state index in [4.69, 9.17) is 10.2 Å². The Bertz CT molecular complexity index is 517. The largest absolute Gasteiger partial charge is 0.504 e. The maximum atomic E-state index is 13.3. The molecule has 0 bridgehead atoms. The Morgan fingerprint density at radius 2 is 1.76 bits per heavy atom. The van der Waals surface area contributed by atoms with Crippen LogP contribution in [0.2, 0.25) is 0 Å². The van der Waals surface area contributed by atoms with Crippen molar-refractivity contribution in [1.82, 2.24) is 0 Å². The average molecular weight is 251 g/mol. The van der Waals surface area contributed by atoms with Crippen molar-refractivity contribution in [3.05, 3.63) is 27.3 Å². The zero-order valence-corrected chi connectivity index (χ0v) is 7.91. The molecular weight excluding hydrogens is 247 g/mol. The zero-order valence-electron chi connectivity index (χ0n) is 7.91. The van der Waals surface area contributed by atoms with Crippen molar-refractivity contribution >= 4 is 11.5 Å². The number of carbonyl (C=O) groups excluding carboxylic acids is 1. The summed E-state index contributed by atoms with van der Waals surface area (Å²) in [6, 6.07) is 0. The molecule has 1 aromatic rings. The molecule has 9 heteroatoms. The Kier molecular flexibility index (Phi) is 3.21. The summed E-state index contributed by atoms with van der Waals surface area (Å²) in [6.07, 6.45) is 0. The number of halogens is 3. The minimum Gasteiger partial charge on any atom is -0.504 e. The standard InChI is InChI=1S/C8H4F3NO5/c9-1-2(13)3-4(10)6(12(16)17)8(15)5(11)7(3)14/h14-15H,1H2. The van der Waals surface area contributed by atoms with Gasteiger partial charge in [-0.2, -0.15) is 8.78 Å². The van der Waals surface area contributed by atoms with Gasteiger partial charge in [0.15, 0.2) is 12.4 Å². The van der Waals surface area contributed by atoms with E-state index in [1.165, 1.54) is 0 Å². The molecule has 0 aliphatic heterocycles. The number of nitro benzene ring substituents is 1. The third-order valence-electron chi connectivity index (χ3n) is 1.89. The summed E-state index contributed by atoms with van der Waals surface area (Å²) in [5, 5.41) is 28.2. The van der Waals surface area contributed by atoms with E-state index in [1.807, 2.05) is 0 Å². The lowest BCUT2D eigenvalue weighted by molar-refractivity contribution is -0.388. The van der Waals surface area contributed by atoms with E-state index in [0.29, 0.717) is 0 Å². The van der Waals surface area contributed by atoms with Crippen molar-refractivity contribution < 1.29 is 33.1 Å². The first kappa shape index (κ1) is 12.7. The van der Waals surface area contributed by atoms with E-state index in [0.717, 1.165) is 0 Å². The van der Waals surface area contributed by atoms with Crippen molar-refractivity contribution in [3.63, 3.8) is 0 Å². The molecule has 0 fully saturated rings. The summed E-state index contributed by atoms with van der Waals surface area (Å²) in [4.78, 5) is 19.7. The minimum absolute atomic E-state index is 1.50. The molecule has 1 rings (SSSR count). The number of Topliss-reactive ketones (excluding diaryl/α,β-unsaturated/α-hetero) is 1. The predicted octanol–water partition coefficient (Wildman–Crippen LogP) is 1.44. The Morgan fingerprint density at radius 3 is 2.18 bits per heavy atom. The van der Waals surface area contributed by atoms with Gasteiger partial charge in [-0.15, -0.1) is 0 Å². The molecule has 1 aromatic carbocycles. The van der Waals surface area contributed by atoms with Gasteiger partial charge in [-0.25, -0.2) is 4.39 Å². The molecule has 0 saturated carbocycles. The Balaban J connectivity index is 3.74. The summed E-state index contributed by atoms with van der Waals surface area (Å²) in [7, 11) is 0. The number of benzene rings is 1. The van der Waals surface area contributed by atoms with Crippen molar-refractivity contribution in [2.24, 2.45) is 0 Å². The summed E-state index contributed by atoms with van der Waals surface area (Å²) < 4.78 is 38.4. The number of hydrogen-bond donors (Lipinski definition) is 2. The smallest absolute Gasteiger partial charge is 0.350 e. The van der Waals surface area contributed by atoms with Crippen LogP contribution in [0.15, 0.2) is 0 Å². The van der Waals surface area contributed by atoms with Gasteiger partial charge in [0.1, 0.15) is 5.56 Å². The lowest BCUT2D eigenvalue weighted by Gasteiger charge is -2.06. The molecule has 92 valence electrons. The molecule has 0 aliphatic carbocycles. The van der Waals surface area contributed by atoms with E-state index >= 15 is 0 Å². The van der Waals surface area contributed by atoms with Crippen molar-refractivity contribution in [3.8, 4) is 11.5 Å². The Labute approximate surface area is 91.1 Å². The highest BCUT2D eigenvalue weighted by molar-refractivity contribution is 6.00. The number of ketones is 1. The number of alkyl halides is 1. The van der Waals surface area contributed by atoms with E-state index in [9.17, 15) is 28.1 Å². The molecule has 2 N–H and O–H groups in total. The van der Waals surface area contributed by atoms with Gasteiger partial charge in [0, 0.05) is 0 Å². The Hall–Kier alpha value is -2.32. The SMILES string of the molecule is O=C(CF)c1c(O)c(F)c(O)c([N+](=O)[O-])c1F. The highest BCUT2D eigenvalue weighted by atomic mass is 19.1. The number of phenolic OH excluding ortho intramolecular Hbond substituents is 2. The molecule has 0 aromatic heterocycles. The fraction of sp³-hybridized carbons (Fsp3) is 0.125. The minimum atomic E-state index is -1.99. The monoisotopic (exact) mass is 251 g/mol. The number of hydrogen-bond acceptors (Lipinski definition) is 5. The second-order valence-corrected chi connectivity index (χ2v) is 2.86. The highest BCUT2D eigenvalue weighted by Crippen LogP contribution is 2.40. The third-order valence-corrected chi connectivity index (χ3v) is 1.89. The fourth-order valence-electron chi connectivity index (χ4n) is 1.14. The van der Waals surface area contributed by atoms with Crippen LogP contribution in [-0.4, -0.2) is 27.6 Å². The molecule has 17 heavy (non-hydrogen) atoms. The maximum absolute atomic E-state index is 13.3. The molecular formula is C8H4F3NO5. The normalized spacial score (nSPS) is 10.3. The van der Waals surface area contributed by atoms with Gasteiger partial charge in [0.25, 0.3) is 0 Å². The summed E-state index contributed by atoms with van der Waals surface area (Å²) >= 11 is 0. The highest BCUT2D eigenvalue weighted by Gasteiger charge is 2.34. The van der Waals surface area contributed by atoms with Crippen molar-refractivity contribution in [1.29, 1.82) is 0 Å². The molecule has 0 amide bonds. The van der Waals surface area contributed by atoms with E-state index < -0.39 is 51.8 Å². The van der Waals surface area contributed by atoms with E-state index in [-0.39, 0.29) is 0 Å². The van der Waals surface area contributed by atoms with Crippen molar-refractivity contribution in [2.45, 2.75) is 0 Å². The van der Waals surface area contributed by atoms with Gasteiger partial charge in [-0.1, -0.05) is 0 Å². The van der Waals surface area contributed by atoms with Crippen LogP contribution in [0.3, 0.4) is 0 Å².